The van der Waals surface area contributed by atoms with Gasteiger partial charge in [-0.3, -0.25) is 14.5 Å². The minimum absolute atomic E-state index is 0.0539. The predicted octanol–water partition coefficient (Wildman–Crippen LogP) is 4.63. The topological polar surface area (TPSA) is 140 Å². The largest absolute Gasteiger partial charge is 0.503 e. The van der Waals surface area contributed by atoms with Gasteiger partial charge in [0, 0.05) is 15.5 Å². The van der Waals surface area contributed by atoms with Crippen LogP contribution in [0.3, 0.4) is 0 Å². The number of aliphatic hydroxyl groups excluding tert-OH is 1. The second kappa shape index (κ2) is 9.18. The van der Waals surface area contributed by atoms with Crippen LogP contribution in [-0.4, -0.2) is 32.3 Å². The third-order valence-electron chi connectivity index (χ3n) is 6.01. The lowest BCUT2D eigenvalue weighted by molar-refractivity contribution is -0.117. The van der Waals surface area contributed by atoms with Crippen LogP contribution in [0.25, 0.3) is 11.0 Å². The number of nitrogens with zero attached hydrogens (tertiary/aromatic N) is 1. The molecule has 1 aliphatic rings. The van der Waals surface area contributed by atoms with Crippen molar-refractivity contribution in [2.45, 2.75) is 10.9 Å². The van der Waals surface area contributed by atoms with Gasteiger partial charge in [0.1, 0.15) is 11.3 Å². The lowest BCUT2D eigenvalue weighted by Crippen LogP contribution is -2.31. The standard InChI is InChI=1S/C26H19BrN2O7S/c1-35-18-4-2-3-14(12-18)23-22(24(30)21-13-15-11-16(27)5-10-20(15)36-21)25(31)26(32)29(23)17-6-8-19(9-7-17)37(28,33)34/h2-13,23,31H,1H3,(H2,28,33,34). The summed E-state index contributed by atoms with van der Waals surface area (Å²) < 4.78 is 35.3. The number of anilines is 1. The fourth-order valence-corrected chi connectivity index (χ4v) is 5.18. The van der Waals surface area contributed by atoms with Crippen LogP contribution in [-0.2, 0) is 14.8 Å². The Morgan fingerprint density at radius 3 is 2.49 bits per heavy atom. The van der Waals surface area contributed by atoms with Crippen molar-refractivity contribution < 1.29 is 32.3 Å². The minimum Gasteiger partial charge on any atom is -0.503 e. The van der Waals surface area contributed by atoms with Crippen LogP contribution in [0.15, 0.2) is 97.9 Å². The zero-order valence-electron chi connectivity index (χ0n) is 19.2. The highest BCUT2D eigenvalue weighted by atomic mass is 79.9. The van der Waals surface area contributed by atoms with E-state index in [-0.39, 0.29) is 21.9 Å². The van der Waals surface area contributed by atoms with E-state index in [1.54, 1.807) is 48.5 Å². The maximum atomic E-state index is 13.7. The highest BCUT2D eigenvalue weighted by molar-refractivity contribution is 9.10. The zero-order chi connectivity index (χ0) is 26.5. The van der Waals surface area contributed by atoms with E-state index in [0.29, 0.717) is 22.3 Å². The Labute approximate surface area is 219 Å². The van der Waals surface area contributed by atoms with E-state index in [1.165, 1.54) is 36.3 Å². The first-order chi connectivity index (χ1) is 17.6. The smallest absolute Gasteiger partial charge is 0.294 e. The molecule has 188 valence electrons. The maximum Gasteiger partial charge on any atom is 0.294 e. The summed E-state index contributed by atoms with van der Waals surface area (Å²) in [6.45, 7) is 0. The number of primary sulfonamides is 1. The summed E-state index contributed by atoms with van der Waals surface area (Å²) in [6.07, 6.45) is 0. The molecule has 9 nitrogen and oxygen atoms in total. The molecule has 3 aromatic carbocycles. The molecule has 0 radical (unpaired) electrons. The Bertz CT molecular complexity index is 1710. The van der Waals surface area contributed by atoms with Crippen LogP contribution in [0.1, 0.15) is 22.2 Å². The monoisotopic (exact) mass is 582 g/mol. The van der Waals surface area contributed by atoms with Crippen molar-refractivity contribution in [1.29, 1.82) is 0 Å². The third-order valence-corrected chi connectivity index (χ3v) is 7.43. The molecule has 1 unspecified atom stereocenters. The zero-order valence-corrected chi connectivity index (χ0v) is 21.6. The van der Waals surface area contributed by atoms with Crippen molar-refractivity contribution in [1.82, 2.24) is 0 Å². The second-order valence-electron chi connectivity index (χ2n) is 8.28. The molecule has 4 aromatic rings. The molecular weight excluding hydrogens is 564 g/mol. The van der Waals surface area contributed by atoms with E-state index in [0.717, 1.165) is 4.47 Å². The van der Waals surface area contributed by atoms with Crippen molar-refractivity contribution in [3.05, 3.63) is 99.9 Å². The Kier molecular flexibility index (Phi) is 6.14. The number of aliphatic hydroxyl groups is 1. The summed E-state index contributed by atoms with van der Waals surface area (Å²) in [7, 11) is -2.49. The molecule has 0 bridgehead atoms. The Morgan fingerprint density at radius 2 is 1.81 bits per heavy atom. The van der Waals surface area contributed by atoms with E-state index in [2.05, 4.69) is 15.9 Å². The van der Waals surface area contributed by atoms with E-state index < -0.39 is 33.5 Å². The van der Waals surface area contributed by atoms with Gasteiger partial charge in [-0.2, -0.15) is 0 Å². The van der Waals surface area contributed by atoms with E-state index in [1.807, 2.05) is 0 Å². The molecule has 0 fully saturated rings. The highest BCUT2D eigenvalue weighted by Gasteiger charge is 2.45. The van der Waals surface area contributed by atoms with Crippen LogP contribution in [0.4, 0.5) is 5.69 Å². The van der Waals surface area contributed by atoms with Gasteiger partial charge in [-0.1, -0.05) is 28.1 Å². The fourth-order valence-electron chi connectivity index (χ4n) is 4.29. The van der Waals surface area contributed by atoms with Gasteiger partial charge in [-0.15, -0.1) is 0 Å². The van der Waals surface area contributed by atoms with Crippen LogP contribution < -0.4 is 14.8 Å². The normalized spacial score (nSPS) is 16.0. The van der Waals surface area contributed by atoms with Crippen molar-refractivity contribution >= 4 is 54.3 Å². The number of ether oxygens (including phenoxy) is 1. The van der Waals surface area contributed by atoms with Gasteiger partial charge < -0.3 is 14.3 Å². The molecule has 0 saturated carbocycles. The van der Waals surface area contributed by atoms with Crippen LogP contribution in [0.2, 0.25) is 0 Å². The molecule has 5 rings (SSSR count). The number of halogens is 1. The average Bonchev–Trinajstić information content (AvgIpc) is 3.41. The van der Waals surface area contributed by atoms with E-state index in [9.17, 15) is 23.1 Å². The lowest BCUT2D eigenvalue weighted by Gasteiger charge is -2.27. The summed E-state index contributed by atoms with van der Waals surface area (Å²) in [5, 5.41) is 16.8. The lowest BCUT2D eigenvalue weighted by atomic mass is 9.94. The predicted molar refractivity (Wildman–Crippen MR) is 139 cm³/mol. The van der Waals surface area contributed by atoms with Gasteiger partial charge in [-0.25, -0.2) is 13.6 Å². The number of rotatable bonds is 6. The molecule has 1 atom stereocenters. The number of sulfonamides is 1. The molecule has 0 saturated heterocycles. The molecule has 2 heterocycles. The summed E-state index contributed by atoms with van der Waals surface area (Å²) in [5.74, 6) is -1.83. The van der Waals surface area contributed by atoms with Gasteiger partial charge >= 0.3 is 0 Å². The first-order valence-electron chi connectivity index (χ1n) is 10.9. The molecule has 0 spiro atoms. The van der Waals surface area contributed by atoms with Gasteiger partial charge in [-0.05, 0) is 66.2 Å². The number of benzene rings is 3. The number of furan rings is 1. The number of amides is 1. The first-order valence-corrected chi connectivity index (χ1v) is 13.2. The summed E-state index contributed by atoms with van der Waals surface area (Å²) in [4.78, 5) is 28.1. The first kappa shape index (κ1) is 24.8. The fraction of sp³-hybridized carbons (Fsp3) is 0.0769. The summed E-state index contributed by atoms with van der Waals surface area (Å²) in [5.41, 5.74) is 0.999. The van der Waals surface area contributed by atoms with E-state index >= 15 is 0 Å². The van der Waals surface area contributed by atoms with Gasteiger partial charge in [0.05, 0.1) is 23.6 Å². The summed E-state index contributed by atoms with van der Waals surface area (Å²) >= 11 is 3.38. The maximum absolute atomic E-state index is 13.7. The van der Waals surface area contributed by atoms with Gasteiger partial charge in [0.2, 0.25) is 15.8 Å². The molecule has 1 aromatic heterocycles. The number of nitrogens with two attached hydrogens (primary N) is 1. The Morgan fingerprint density at radius 1 is 1.08 bits per heavy atom. The van der Waals surface area contributed by atoms with E-state index in [4.69, 9.17) is 14.3 Å². The molecule has 37 heavy (non-hydrogen) atoms. The minimum atomic E-state index is -3.97. The third kappa shape index (κ3) is 4.41. The second-order valence-corrected chi connectivity index (χ2v) is 10.8. The Hall–Kier alpha value is -3.93. The number of hydrogen-bond donors (Lipinski definition) is 2. The SMILES string of the molecule is COc1cccc(C2C(C(=O)c3cc4cc(Br)ccc4o3)=C(O)C(=O)N2c2ccc(S(N)(=O)=O)cc2)c1. The van der Waals surface area contributed by atoms with Gasteiger partial charge in [0.25, 0.3) is 5.91 Å². The molecular formula is C26H19BrN2O7S. The number of methoxy groups -OCH3 is 1. The number of Topliss-reactive ketones (excluding diaryl/α,β-unsaturated/α-hetero) is 1. The van der Waals surface area contributed by atoms with Crippen LogP contribution >= 0.6 is 15.9 Å². The number of carbonyl (C=O) groups is 2. The van der Waals surface area contributed by atoms with Crippen molar-refractivity contribution in [3.8, 4) is 5.75 Å². The summed E-state index contributed by atoms with van der Waals surface area (Å²) in [6, 6.07) is 17.7. The number of hydrogen-bond acceptors (Lipinski definition) is 7. The van der Waals surface area contributed by atoms with Crippen molar-refractivity contribution in [3.63, 3.8) is 0 Å². The van der Waals surface area contributed by atoms with Crippen LogP contribution in [0.5, 0.6) is 5.75 Å². The average molecular weight is 583 g/mol. The Balaban J connectivity index is 1.65. The molecule has 3 N–H and O–H groups in total. The molecule has 1 aliphatic heterocycles. The number of ketones is 1. The van der Waals surface area contributed by atoms with Crippen molar-refractivity contribution in [2.24, 2.45) is 5.14 Å². The number of fused-ring (bicyclic) bond motifs is 1. The molecule has 11 heteroatoms. The highest BCUT2D eigenvalue weighted by Crippen LogP contribution is 2.43. The quantitative estimate of drug-likeness (QED) is 0.316. The van der Waals surface area contributed by atoms with Gasteiger partial charge in [0.15, 0.2) is 11.5 Å². The molecule has 1 amide bonds. The van der Waals surface area contributed by atoms with Crippen molar-refractivity contribution in [2.75, 3.05) is 12.0 Å². The van der Waals surface area contributed by atoms with Crippen LogP contribution in [0, 0.1) is 0 Å². The number of carbonyl (C=O) groups excluding carboxylic acids is 2. The molecule has 0 aliphatic carbocycles.